The summed E-state index contributed by atoms with van der Waals surface area (Å²) in [6, 6.07) is 7.30. The monoisotopic (exact) mass is 246 g/mol. The second-order valence-electron chi connectivity index (χ2n) is 3.70. The molecule has 0 bridgehead atoms. The molecule has 1 amide bonds. The van der Waals surface area contributed by atoms with Gasteiger partial charge in [0.15, 0.2) is 0 Å². The molecule has 0 aliphatic heterocycles. The average Bonchev–Trinajstić information content (AvgIpc) is 2.90. The maximum Gasteiger partial charge on any atom is 0.226 e. The van der Waals surface area contributed by atoms with Crippen LogP contribution in [0, 0.1) is 0 Å². The molecular formula is C12H14N4O2. The number of ether oxygens (including phenoxy) is 1. The lowest BCUT2D eigenvalue weighted by Gasteiger charge is -2.09. The maximum absolute atomic E-state index is 11.8. The summed E-state index contributed by atoms with van der Waals surface area (Å²) >= 11 is 0. The number of aryl methyl sites for hydroxylation is 1. The number of hydrogen-bond acceptors (Lipinski definition) is 4. The first-order valence-corrected chi connectivity index (χ1v) is 5.55. The minimum atomic E-state index is -0.0757. The first kappa shape index (κ1) is 12.1. The van der Waals surface area contributed by atoms with Gasteiger partial charge in [-0.3, -0.25) is 4.79 Å². The third-order valence-corrected chi connectivity index (χ3v) is 2.44. The van der Waals surface area contributed by atoms with Crippen molar-refractivity contribution in [3.63, 3.8) is 0 Å². The van der Waals surface area contributed by atoms with Gasteiger partial charge >= 0.3 is 0 Å². The maximum atomic E-state index is 11.8. The zero-order valence-electron chi connectivity index (χ0n) is 10.0. The van der Waals surface area contributed by atoms with Crippen molar-refractivity contribution < 1.29 is 9.53 Å². The molecular weight excluding hydrogens is 232 g/mol. The van der Waals surface area contributed by atoms with Gasteiger partial charge in [0.05, 0.1) is 12.8 Å². The molecule has 1 N–H and O–H groups in total. The van der Waals surface area contributed by atoms with E-state index in [9.17, 15) is 4.79 Å². The summed E-state index contributed by atoms with van der Waals surface area (Å²) in [5, 5.41) is 10.2. The van der Waals surface area contributed by atoms with E-state index in [0.717, 1.165) is 0 Å². The van der Waals surface area contributed by atoms with Crippen LogP contribution in [0.5, 0.6) is 5.75 Å². The van der Waals surface area contributed by atoms with Crippen LogP contribution in [0.3, 0.4) is 0 Å². The van der Waals surface area contributed by atoms with Crippen LogP contribution in [0.4, 0.5) is 5.69 Å². The fraction of sp³-hybridized carbons (Fsp3) is 0.250. The summed E-state index contributed by atoms with van der Waals surface area (Å²) in [7, 11) is 1.57. The van der Waals surface area contributed by atoms with E-state index in [0.29, 0.717) is 24.4 Å². The van der Waals surface area contributed by atoms with Crippen molar-refractivity contribution in [2.45, 2.75) is 13.0 Å². The number of rotatable bonds is 5. The Kier molecular flexibility index (Phi) is 3.90. The molecule has 18 heavy (non-hydrogen) atoms. The molecule has 0 radical (unpaired) electrons. The molecule has 94 valence electrons. The number of carbonyl (C=O) groups is 1. The van der Waals surface area contributed by atoms with Gasteiger partial charge in [0.2, 0.25) is 5.91 Å². The zero-order valence-corrected chi connectivity index (χ0v) is 10.0. The topological polar surface area (TPSA) is 69.0 Å². The third kappa shape index (κ3) is 3.07. The quantitative estimate of drug-likeness (QED) is 0.863. The molecule has 6 heteroatoms. The summed E-state index contributed by atoms with van der Waals surface area (Å²) in [6.07, 6.45) is 3.52. The molecule has 1 aromatic carbocycles. The molecule has 6 nitrogen and oxygen atoms in total. The molecule has 0 saturated carbocycles. The molecule has 0 aliphatic carbocycles. The first-order valence-electron chi connectivity index (χ1n) is 5.55. The standard InChI is InChI=1S/C12H14N4O2/c1-18-11-5-3-2-4-10(11)15-12(17)6-7-16-8-13-14-9-16/h2-5,8-9H,6-7H2,1H3,(H,15,17). The average molecular weight is 246 g/mol. The van der Waals surface area contributed by atoms with Gasteiger partial charge < -0.3 is 14.6 Å². The number of nitrogens with one attached hydrogen (secondary N) is 1. The van der Waals surface area contributed by atoms with Crippen LogP contribution in [0.25, 0.3) is 0 Å². The van der Waals surface area contributed by atoms with Crippen LogP contribution >= 0.6 is 0 Å². The van der Waals surface area contributed by atoms with Crippen molar-refractivity contribution in [2.24, 2.45) is 0 Å². The molecule has 0 fully saturated rings. The predicted octanol–water partition coefficient (Wildman–Crippen LogP) is 1.32. The second-order valence-corrected chi connectivity index (χ2v) is 3.70. The summed E-state index contributed by atoms with van der Waals surface area (Å²) < 4.78 is 6.91. The number of amides is 1. The highest BCUT2D eigenvalue weighted by Gasteiger charge is 2.06. The Bertz CT molecular complexity index is 511. The number of aromatic nitrogens is 3. The molecule has 1 aromatic heterocycles. The van der Waals surface area contributed by atoms with Crippen molar-refractivity contribution >= 4 is 11.6 Å². The zero-order chi connectivity index (χ0) is 12.8. The van der Waals surface area contributed by atoms with Gasteiger partial charge in [-0.05, 0) is 12.1 Å². The van der Waals surface area contributed by atoms with E-state index in [1.165, 1.54) is 0 Å². The minimum absolute atomic E-state index is 0.0757. The van der Waals surface area contributed by atoms with Gasteiger partial charge in [0, 0.05) is 13.0 Å². The SMILES string of the molecule is COc1ccccc1NC(=O)CCn1cnnc1. The van der Waals surface area contributed by atoms with Crippen molar-refractivity contribution in [2.75, 3.05) is 12.4 Å². The van der Waals surface area contributed by atoms with Gasteiger partial charge in [-0.25, -0.2) is 0 Å². The Morgan fingerprint density at radius 2 is 2.06 bits per heavy atom. The fourth-order valence-electron chi connectivity index (χ4n) is 1.53. The Balaban J connectivity index is 1.90. The lowest BCUT2D eigenvalue weighted by molar-refractivity contribution is -0.116. The Hall–Kier alpha value is -2.37. The molecule has 1 heterocycles. The normalized spacial score (nSPS) is 10.1. The Labute approximate surface area is 105 Å². The highest BCUT2D eigenvalue weighted by Crippen LogP contribution is 2.22. The molecule has 0 spiro atoms. The molecule has 2 rings (SSSR count). The number of anilines is 1. The van der Waals surface area contributed by atoms with Crippen molar-refractivity contribution in [1.29, 1.82) is 0 Å². The van der Waals surface area contributed by atoms with Crippen LogP contribution in [0.15, 0.2) is 36.9 Å². The number of benzene rings is 1. The van der Waals surface area contributed by atoms with Crippen molar-refractivity contribution in [1.82, 2.24) is 14.8 Å². The van der Waals surface area contributed by atoms with E-state index in [2.05, 4.69) is 15.5 Å². The highest BCUT2D eigenvalue weighted by atomic mass is 16.5. The summed E-state index contributed by atoms with van der Waals surface area (Å²) in [5.74, 6) is 0.573. The highest BCUT2D eigenvalue weighted by molar-refractivity contribution is 5.92. The third-order valence-electron chi connectivity index (χ3n) is 2.44. The minimum Gasteiger partial charge on any atom is -0.495 e. The van der Waals surface area contributed by atoms with Crippen LogP contribution < -0.4 is 10.1 Å². The number of nitrogens with zero attached hydrogens (tertiary/aromatic N) is 3. The van der Waals surface area contributed by atoms with E-state index < -0.39 is 0 Å². The lowest BCUT2D eigenvalue weighted by Crippen LogP contribution is -2.14. The molecule has 0 atom stereocenters. The van der Waals surface area contributed by atoms with Gasteiger partial charge in [0.25, 0.3) is 0 Å². The Morgan fingerprint density at radius 1 is 1.33 bits per heavy atom. The van der Waals surface area contributed by atoms with E-state index in [4.69, 9.17) is 4.74 Å². The fourth-order valence-corrected chi connectivity index (χ4v) is 1.53. The number of para-hydroxylation sites is 2. The number of methoxy groups -OCH3 is 1. The summed E-state index contributed by atoms with van der Waals surface area (Å²) in [6.45, 7) is 0.550. The number of carbonyl (C=O) groups excluding carboxylic acids is 1. The molecule has 2 aromatic rings. The van der Waals surface area contributed by atoms with Crippen LogP contribution in [-0.4, -0.2) is 27.8 Å². The van der Waals surface area contributed by atoms with Crippen LogP contribution in [0.1, 0.15) is 6.42 Å². The second kappa shape index (κ2) is 5.81. The van der Waals surface area contributed by atoms with Gasteiger partial charge in [-0.15, -0.1) is 10.2 Å². The Morgan fingerprint density at radius 3 is 2.78 bits per heavy atom. The number of hydrogen-bond donors (Lipinski definition) is 1. The van der Waals surface area contributed by atoms with Gasteiger partial charge in [-0.1, -0.05) is 12.1 Å². The molecule has 0 unspecified atom stereocenters. The predicted molar refractivity (Wildman–Crippen MR) is 66.3 cm³/mol. The van der Waals surface area contributed by atoms with Crippen molar-refractivity contribution in [3.05, 3.63) is 36.9 Å². The van der Waals surface area contributed by atoms with E-state index in [1.807, 2.05) is 12.1 Å². The van der Waals surface area contributed by atoms with E-state index in [-0.39, 0.29) is 5.91 Å². The van der Waals surface area contributed by atoms with Crippen LogP contribution in [-0.2, 0) is 11.3 Å². The summed E-state index contributed by atoms with van der Waals surface area (Å²) in [5.41, 5.74) is 0.675. The lowest BCUT2D eigenvalue weighted by atomic mass is 10.3. The van der Waals surface area contributed by atoms with E-state index >= 15 is 0 Å². The largest absolute Gasteiger partial charge is 0.495 e. The molecule has 0 aliphatic rings. The van der Waals surface area contributed by atoms with Gasteiger partial charge in [0.1, 0.15) is 18.4 Å². The molecule has 0 saturated heterocycles. The van der Waals surface area contributed by atoms with Crippen molar-refractivity contribution in [3.8, 4) is 5.75 Å². The summed E-state index contributed by atoms with van der Waals surface area (Å²) in [4.78, 5) is 11.8. The first-order chi connectivity index (χ1) is 8.79. The smallest absolute Gasteiger partial charge is 0.226 e. The van der Waals surface area contributed by atoms with Crippen LogP contribution in [0.2, 0.25) is 0 Å². The van der Waals surface area contributed by atoms with Gasteiger partial charge in [-0.2, -0.15) is 0 Å². The van der Waals surface area contributed by atoms with E-state index in [1.54, 1.807) is 36.5 Å².